The van der Waals surface area contributed by atoms with Gasteiger partial charge >= 0.3 is 6.18 Å². The Morgan fingerprint density at radius 2 is 1.79 bits per heavy atom. The van der Waals surface area contributed by atoms with Crippen LogP contribution in [0.5, 0.6) is 23.1 Å². The molecule has 1 saturated heterocycles. The van der Waals surface area contributed by atoms with E-state index in [1.165, 1.54) is 12.3 Å². The second-order valence-electron chi connectivity index (χ2n) is 10.4. The SMILES string of the molecule is Cc1cc(NC2CN(Cc3ccc4c(c3)OCO4)CC[N]2)ccc1Oc1ccc(C(=O)c2ccc(C(F)(F)F)cc2)cn1. The molecule has 0 amide bonds. The van der Waals surface area contributed by atoms with Gasteiger partial charge in [-0.2, -0.15) is 13.2 Å². The van der Waals surface area contributed by atoms with E-state index < -0.39 is 17.5 Å². The molecule has 4 aromatic rings. The lowest BCUT2D eigenvalue weighted by Crippen LogP contribution is -2.50. The molecule has 1 aromatic heterocycles. The fourth-order valence-electron chi connectivity index (χ4n) is 4.99. The molecule has 0 saturated carbocycles. The minimum atomic E-state index is -4.46. The smallest absolute Gasteiger partial charge is 0.416 e. The summed E-state index contributed by atoms with van der Waals surface area (Å²) in [4.78, 5) is 19.3. The van der Waals surface area contributed by atoms with Gasteiger partial charge in [-0.25, -0.2) is 10.3 Å². The van der Waals surface area contributed by atoms with Crippen LogP contribution in [0.1, 0.15) is 32.6 Å². The quantitative estimate of drug-likeness (QED) is 0.252. The Balaban J connectivity index is 1.04. The number of carbonyl (C=O) groups excluding carboxylic acids is 1. The number of rotatable bonds is 8. The monoisotopic (exact) mass is 589 g/mol. The van der Waals surface area contributed by atoms with Crippen molar-refractivity contribution in [3.63, 3.8) is 0 Å². The van der Waals surface area contributed by atoms with Crippen LogP contribution in [-0.4, -0.2) is 48.3 Å². The van der Waals surface area contributed by atoms with Crippen molar-refractivity contribution in [3.8, 4) is 23.1 Å². The number of carbonyl (C=O) groups is 1. The highest BCUT2D eigenvalue weighted by Crippen LogP contribution is 2.33. The third-order valence-electron chi connectivity index (χ3n) is 7.24. The van der Waals surface area contributed by atoms with Crippen LogP contribution in [0.15, 0.2) is 79.0 Å². The van der Waals surface area contributed by atoms with Crippen molar-refractivity contribution in [3.05, 3.63) is 107 Å². The van der Waals surface area contributed by atoms with Crippen LogP contribution < -0.4 is 24.8 Å². The van der Waals surface area contributed by atoms with E-state index in [0.29, 0.717) is 5.75 Å². The van der Waals surface area contributed by atoms with Gasteiger partial charge in [0.15, 0.2) is 17.3 Å². The Labute approximate surface area is 246 Å². The molecular formula is C32H28F3N4O4. The van der Waals surface area contributed by atoms with Gasteiger partial charge in [0.25, 0.3) is 0 Å². The molecule has 8 nitrogen and oxygen atoms in total. The fourth-order valence-corrected chi connectivity index (χ4v) is 4.99. The number of benzene rings is 3. The number of nitrogens with one attached hydrogen (secondary N) is 1. The topological polar surface area (TPSA) is 87.0 Å². The zero-order valence-corrected chi connectivity index (χ0v) is 23.2. The Morgan fingerprint density at radius 1 is 1.00 bits per heavy atom. The molecule has 3 heterocycles. The lowest BCUT2D eigenvalue weighted by Gasteiger charge is -2.33. The van der Waals surface area contributed by atoms with Crippen LogP contribution in [-0.2, 0) is 12.7 Å². The number of halogens is 3. The van der Waals surface area contributed by atoms with Gasteiger partial charge in [0.2, 0.25) is 12.7 Å². The molecule has 0 spiro atoms. The molecule has 0 aliphatic carbocycles. The van der Waals surface area contributed by atoms with Crippen molar-refractivity contribution in [2.45, 2.75) is 25.8 Å². The number of nitrogens with zero attached hydrogens (tertiary/aromatic N) is 3. The van der Waals surface area contributed by atoms with Gasteiger partial charge < -0.3 is 19.5 Å². The first-order valence-corrected chi connectivity index (χ1v) is 13.7. The molecule has 6 rings (SSSR count). The van der Waals surface area contributed by atoms with E-state index in [1.807, 2.05) is 37.3 Å². The Morgan fingerprint density at radius 3 is 2.53 bits per heavy atom. The highest BCUT2D eigenvalue weighted by Gasteiger charge is 2.30. The summed E-state index contributed by atoms with van der Waals surface area (Å²) < 4.78 is 55.3. The number of ether oxygens (including phenoxy) is 3. The van der Waals surface area contributed by atoms with Gasteiger partial charge in [0.1, 0.15) is 11.9 Å². The number of hydrogen-bond donors (Lipinski definition) is 1. The van der Waals surface area contributed by atoms with E-state index in [0.717, 1.165) is 78.8 Å². The first-order valence-electron chi connectivity index (χ1n) is 13.7. The minimum absolute atomic E-state index is 0.0645. The second-order valence-corrected chi connectivity index (χ2v) is 10.4. The average molecular weight is 590 g/mol. The normalized spacial score (nSPS) is 16.6. The standard InChI is InChI=1S/C32H28F3N4O4/c1-20-14-25(38-29-18-39(13-12-36-29)17-21-2-9-27-28(15-21)42-19-41-27)8-10-26(20)43-30-11-5-23(16-37-30)31(40)22-3-6-24(7-4-22)32(33,34)35/h2-11,14-16,29,38H,12-13,17-19H2,1H3. The summed E-state index contributed by atoms with van der Waals surface area (Å²) in [5.74, 6) is 2.02. The van der Waals surface area contributed by atoms with Crippen LogP contribution in [0.4, 0.5) is 18.9 Å². The summed E-state index contributed by atoms with van der Waals surface area (Å²) in [6.07, 6.45) is -3.18. The number of fused-ring (bicyclic) bond motifs is 1. The highest BCUT2D eigenvalue weighted by atomic mass is 19.4. The summed E-state index contributed by atoms with van der Waals surface area (Å²) in [5.41, 5.74) is 2.53. The van der Waals surface area contributed by atoms with Gasteiger partial charge in [-0.15, -0.1) is 0 Å². The van der Waals surface area contributed by atoms with Crippen LogP contribution in [0.25, 0.3) is 0 Å². The molecule has 1 radical (unpaired) electrons. The summed E-state index contributed by atoms with van der Waals surface area (Å²) >= 11 is 0. The van der Waals surface area contributed by atoms with E-state index in [4.69, 9.17) is 19.5 Å². The number of ketones is 1. The van der Waals surface area contributed by atoms with Crippen LogP contribution in [0, 0.1) is 6.92 Å². The molecular weight excluding hydrogens is 561 g/mol. The maximum Gasteiger partial charge on any atom is 0.416 e. The molecule has 2 aliphatic heterocycles. The molecule has 3 aromatic carbocycles. The molecule has 1 unspecified atom stereocenters. The number of pyridine rings is 1. The fraction of sp³-hybridized carbons (Fsp3) is 0.250. The number of piperazine rings is 1. The Kier molecular flexibility index (Phi) is 7.92. The number of aryl methyl sites for hydroxylation is 1. The largest absolute Gasteiger partial charge is 0.454 e. The summed E-state index contributed by atoms with van der Waals surface area (Å²) in [6, 6.07) is 18.9. The van der Waals surface area contributed by atoms with Crippen molar-refractivity contribution in [1.82, 2.24) is 15.2 Å². The average Bonchev–Trinajstić information content (AvgIpc) is 3.46. The first-order chi connectivity index (χ1) is 20.7. The predicted molar refractivity (Wildman–Crippen MR) is 153 cm³/mol. The van der Waals surface area contributed by atoms with Crippen molar-refractivity contribution in [2.24, 2.45) is 0 Å². The third kappa shape index (κ3) is 6.73. The molecule has 1 N–H and O–H groups in total. The molecule has 221 valence electrons. The lowest BCUT2D eigenvalue weighted by molar-refractivity contribution is -0.137. The van der Waals surface area contributed by atoms with Crippen molar-refractivity contribution >= 4 is 11.5 Å². The van der Waals surface area contributed by atoms with Gasteiger partial charge in [-0.1, -0.05) is 18.2 Å². The molecule has 0 bridgehead atoms. The zero-order chi connectivity index (χ0) is 30.0. The summed E-state index contributed by atoms with van der Waals surface area (Å²) in [6.45, 7) is 5.33. The van der Waals surface area contributed by atoms with Gasteiger partial charge in [0.05, 0.1) is 5.56 Å². The third-order valence-corrected chi connectivity index (χ3v) is 7.24. The Bertz CT molecular complexity index is 1610. The summed E-state index contributed by atoms with van der Waals surface area (Å²) in [7, 11) is 0. The van der Waals surface area contributed by atoms with Crippen molar-refractivity contribution in [2.75, 3.05) is 31.7 Å². The zero-order valence-electron chi connectivity index (χ0n) is 23.2. The number of aromatic nitrogens is 1. The molecule has 43 heavy (non-hydrogen) atoms. The van der Waals surface area contributed by atoms with E-state index >= 15 is 0 Å². The predicted octanol–water partition coefficient (Wildman–Crippen LogP) is 6.02. The van der Waals surface area contributed by atoms with Crippen LogP contribution >= 0.6 is 0 Å². The van der Waals surface area contributed by atoms with Gasteiger partial charge in [0, 0.05) is 55.3 Å². The van der Waals surface area contributed by atoms with Gasteiger partial charge in [-0.3, -0.25) is 9.69 Å². The van der Waals surface area contributed by atoms with Crippen LogP contribution in [0.3, 0.4) is 0 Å². The van der Waals surface area contributed by atoms with E-state index in [1.54, 1.807) is 6.07 Å². The Hall–Kier alpha value is -4.61. The molecule has 11 heteroatoms. The second kappa shape index (κ2) is 11.9. The van der Waals surface area contributed by atoms with Gasteiger partial charge in [-0.05, 0) is 66.6 Å². The van der Waals surface area contributed by atoms with Crippen molar-refractivity contribution in [1.29, 1.82) is 0 Å². The number of hydrogen-bond acceptors (Lipinski definition) is 7. The highest BCUT2D eigenvalue weighted by molar-refractivity contribution is 6.08. The molecule has 1 atom stereocenters. The maximum absolute atomic E-state index is 12.8. The van der Waals surface area contributed by atoms with E-state index in [2.05, 4.69) is 21.3 Å². The van der Waals surface area contributed by atoms with Crippen LogP contribution in [0.2, 0.25) is 0 Å². The van der Waals surface area contributed by atoms with E-state index in [9.17, 15) is 18.0 Å². The number of anilines is 1. The molecule has 2 aliphatic rings. The number of alkyl halides is 3. The van der Waals surface area contributed by atoms with Crippen molar-refractivity contribution < 1.29 is 32.2 Å². The minimum Gasteiger partial charge on any atom is -0.454 e. The summed E-state index contributed by atoms with van der Waals surface area (Å²) in [5, 5.41) is 8.23. The first kappa shape index (κ1) is 28.5. The maximum atomic E-state index is 12.8. The molecule has 1 fully saturated rings. The van der Waals surface area contributed by atoms with E-state index in [-0.39, 0.29) is 30.0 Å². The lowest BCUT2D eigenvalue weighted by atomic mass is 10.0.